The topological polar surface area (TPSA) is 228 Å². The van der Waals surface area contributed by atoms with Gasteiger partial charge < -0.3 is 15.6 Å². The van der Waals surface area contributed by atoms with Gasteiger partial charge in [-0.15, -0.1) is 6.58 Å². The largest absolute Gasteiger partial charge is 0.477 e. The lowest BCUT2D eigenvalue weighted by Gasteiger charge is -2.31. The number of hydrogen-bond acceptors (Lipinski definition) is 9. The number of nitrogens with two attached hydrogens (primary N) is 1. The van der Waals surface area contributed by atoms with Crippen LogP contribution in [0.4, 0.5) is 0 Å². The Labute approximate surface area is 236 Å². The molecule has 0 aliphatic carbocycles. The number of carboxylic acid groups (broad SMARTS) is 1. The van der Waals surface area contributed by atoms with Crippen molar-refractivity contribution >= 4 is 50.0 Å². The number of aliphatic imine (C=N–C) groups is 1. The van der Waals surface area contributed by atoms with Crippen LogP contribution in [-0.2, 0) is 29.8 Å². The highest BCUT2D eigenvalue weighted by Crippen LogP contribution is 2.21. The number of carboxylic acids is 1. The number of benzene rings is 2. The van der Waals surface area contributed by atoms with Crippen LogP contribution < -0.4 is 10.5 Å². The van der Waals surface area contributed by atoms with Crippen LogP contribution in [0.15, 0.2) is 71.8 Å². The first-order chi connectivity index (χ1) is 18.9. The highest BCUT2D eigenvalue weighted by molar-refractivity contribution is 7.86. The van der Waals surface area contributed by atoms with E-state index in [-0.39, 0.29) is 28.3 Å². The second-order valence-electron chi connectivity index (χ2n) is 8.80. The highest BCUT2D eigenvalue weighted by Gasteiger charge is 2.46. The van der Waals surface area contributed by atoms with Gasteiger partial charge in [-0.05, 0) is 55.0 Å². The van der Waals surface area contributed by atoms with Gasteiger partial charge in [-0.1, -0.05) is 18.2 Å². The highest BCUT2D eigenvalue weighted by atomic mass is 32.2. The third-order valence-corrected chi connectivity index (χ3v) is 6.95. The maximum atomic E-state index is 13.2. The van der Waals surface area contributed by atoms with Crippen molar-refractivity contribution < 1.29 is 54.7 Å². The van der Waals surface area contributed by atoms with Crippen molar-refractivity contribution in [1.82, 2.24) is 0 Å². The number of rotatable bonds is 13. The molecule has 1 amide bonds. The number of ether oxygens (including phenoxy) is 1. The van der Waals surface area contributed by atoms with E-state index in [4.69, 9.17) is 10.5 Å². The van der Waals surface area contributed by atoms with Gasteiger partial charge in [0.05, 0.1) is 17.7 Å². The van der Waals surface area contributed by atoms with E-state index in [0.29, 0.717) is 12.1 Å². The molecule has 2 aromatic rings. The van der Waals surface area contributed by atoms with Gasteiger partial charge >= 0.3 is 38.1 Å². The van der Waals surface area contributed by atoms with Gasteiger partial charge in [0.15, 0.2) is 6.54 Å². The first kappa shape index (κ1) is 33.0. The molecular formula is C25H28N3O11S2+. The Balaban J connectivity index is 2.28. The second kappa shape index (κ2) is 13.4. The summed E-state index contributed by atoms with van der Waals surface area (Å²) in [6, 6.07) is 11.8. The van der Waals surface area contributed by atoms with Gasteiger partial charge in [-0.25, -0.2) is 18.9 Å². The standard InChI is InChI=1S/C25H27N3O11S2/c1-3-12-27-23(26)19-8-10-21(11-9-19)39-25(32)20-6-4-18(5-7-20)13-17(2)24(31)28(14-22(29)30,15-40(33,34)35)16-41(36,37)38/h3-11,13H,1,12,14-16H2,2H3,(H4-,26,27,29,30,33,34,35,36,37,38)/p+1. The maximum absolute atomic E-state index is 13.2. The van der Waals surface area contributed by atoms with Crippen LogP contribution in [0.5, 0.6) is 5.75 Å². The van der Waals surface area contributed by atoms with E-state index in [1.165, 1.54) is 42.5 Å². The Bertz CT molecular complexity index is 1560. The third-order valence-electron chi connectivity index (χ3n) is 5.31. The van der Waals surface area contributed by atoms with E-state index < -0.39 is 60.9 Å². The molecule has 41 heavy (non-hydrogen) atoms. The van der Waals surface area contributed by atoms with E-state index in [1.807, 2.05) is 0 Å². The number of quaternary nitrogens is 1. The third kappa shape index (κ3) is 10.4. The summed E-state index contributed by atoms with van der Waals surface area (Å²) in [5.41, 5.74) is 6.58. The second-order valence-corrected chi connectivity index (χ2v) is 11.6. The molecule has 0 aliphatic heterocycles. The predicted octanol–water partition coefficient (Wildman–Crippen LogP) is 1.32. The summed E-state index contributed by atoms with van der Waals surface area (Å²) in [7, 11) is -10.2. The summed E-state index contributed by atoms with van der Waals surface area (Å²) < 4.78 is 68.3. The molecule has 0 fully saturated rings. The van der Waals surface area contributed by atoms with Crippen molar-refractivity contribution in [1.29, 1.82) is 0 Å². The fraction of sp³-hybridized carbons (Fsp3) is 0.200. The predicted molar refractivity (Wildman–Crippen MR) is 148 cm³/mol. The van der Waals surface area contributed by atoms with Crippen LogP contribution in [0.25, 0.3) is 6.08 Å². The number of carbonyl (C=O) groups is 3. The SMILES string of the molecule is C=CCN=C(N)c1ccc(OC(=O)c2ccc(C=C(C)C(=O)[N+](CC(=O)O)(CS(=O)(=O)O)CS(=O)(=O)O)cc2)cc1. The molecule has 0 aliphatic rings. The molecule has 0 spiro atoms. The summed E-state index contributed by atoms with van der Waals surface area (Å²) in [5, 5.41) is 9.22. The van der Waals surface area contributed by atoms with E-state index in [2.05, 4.69) is 11.6 Å². The molecule has 2 aromatic carbocycles. The minimum atomic E-state index is -5.08. The number of hydrogen-bond donors (Lipinski definition) is 4. The zero-order chi connectivity index (χ0) is 31.0. The van der Waals surface area contributed by atoms with Crippen molar-refractivity contribution in [2.75, 3.05) is 24.8 Å². The molecule has 0 saturated carbocycles. The molecule has 0 bridgehead atoms. The minimum absolute atomic E-state index is 0.121. The molecule has 0 aromatic heterocycles. The van der Waals surface area contributed by atoms with Crippen LogP contribution in [0.3, 0.4) is 0 Å². The molecule has 0 atom stereocenters. The van der Waals surface area contributed by atoms with Gasteiger partial charge in [0.1, 0.15) is 11.6 Å². The quantitative estimate of drug-likeness (QED) is 0.0368. The lowest BCUT2D eigenvalue weighted by Crippen LogP contribution is -2.60. The molecule has 220 valence electrons. The Morgan fingerprint density at radius 3 is 1.93 bits per heavy atom. The number of aliphatic carboxylic acids is 1. The monoisotopic (exact) mass is 610 g/mol. The van der Waals surface area contributed by atoms with Crippen molar-refractivity contribution in [3.05, 3.63) is 83.4 Å². The van der Waals surface area contributed by atoms with Gasteiger partial charge in [0.25, 0.3) is 0 Å². The summed E-state index contributed by atoms with van der Waals surface area (Å²) in [6.07, 6.45) is 2.76. The fourth-order valence-corrected chi connectivity index (χ4v) is 5.68. The minimum Gasteiger partial charge on any atom is -0.477 e. The first-order valence-corrected chi connectivity index (χ1v) is 14.7. The Morgan fingerprint density at radius 2 is 1.46 bits per heavy atom. The van der Waals surface area contributed by atoms with Crippen LogP contribution in [0.1, 0.15) is 28.4 Å². The van der Waals surface area contributed by atoms with Crippen molar-refractivity contribution in [3.63, 3.8) is 0 Å². The summed E-state index contributed by atoms with van der Waals surface area (Å²) in [4.78, 5) is 41.2. The molecule has 0 heterocycles. The van der Waals surface area contributed by atoms with Crippen LogP contribution in [0, 0.1) is 0 Å². The van der Waals surface area contributed by atoms with Gasteiger partial charge in [-0.3, -0.25) is 14.1 Å². The normalized spacial score (nSPS) is 13.0. The number of amidine groups is 1. The van der Waals surface area contributed by atoms with E-state index in [0.717, 1.165) is 6.92 Å². The Hall–Kier alpha value is -4.22. The molecule has 0 unspecified atom stereocenters. The van der Waals surface area contributed by atoms with Crippen LogP contribution >= 0.6 is 0 Å². The lowest BCUT2D eigenvalue weighted by molar-refractivity contribution is -0.821. The zero-order valence-electron chi connectivity index (χ0n) is 21.7. The lowest BCUT2D eigenvalue weighted by atomic mass is 10.1. The van der Waals surface area contributed by atoms with E-state index in [1.54, 1.807) is 18.2 Å². The van der Waals surface area contributed by atoms with Gasteiger partial charge in [0.2, 0.25) is 11.8 Å². The number of nitrogens with zero attached hydrogens (tertiary/aromatic N) is 2. The fourth-order valence-electron chi connectivity index (χ4n) is 3.72. The van der Waals surface area contributed by atoms with Crippen molar-refractivity contribution in [2.24, 2.45) is 10.7 Å². The summed E-state index contributed by atoms with van der Waals surface area (Å²) in [5.74, 6) is -6.51. The molecule has 14 nitrogen and oxygen atoms in total. The number of carbonyl (C=O) groups excluding carboxylic acids is 2. The molecule has 2 rings (SSSR count). The van der Waals surface area contributed by atoms with E-state index >= 15 is 0 Å². The molecule has 0 saturated heterocycles. The smallest absolute Gasteiger partial charge is 0.359 e. The average molecular weight is 611 g/mol. The first-order valence-electron chi connectivity index (χ1n) is 11.5. The van der Waals surface area contributed by atoms with Crippen LogP contribution in [0.2, 0.25) is 0 Å². The summed E-state index contributed by atoms with van der Waals surface area (Å²) >= 11 is 0. The molecular weight excluding hydrogens is 582 g/mol. The average Bonchev–Trinajstić information content (AvgIpc) is 2.85. The van der Waals surface area contributed by atoms with E-state index in [9.17, 15) is 45.4 Å². The Kier molecular flexibility index (Phi) is 10.8. The van der Waals surface area contributed by atoms with Crippen molar-refractivity contribution in [2.45, 2.75) is 6.92 Å². The summed E-state index contributed by atoms with van der Waals surface area (Å²) in [6.45, 7) is 3.69. The molecule has 16 heteroatoms. The molecule has 5 N–H and O–H groups in total. The number of esters is 1. The van der Waals surface area contributed by atoms with Gasteiger partial charge in [-0.2, -0.15) is 16.8 Å². The van der Waals surface area contributed by atoms with Gasteiger partial charge in [0, 0.05) is 5.56 Å². The molecule has 0 radical (unpaired) electrons. The van der Waals surface area contributed by atoms with Crippen molar-refractivity contribution in [3.8, 4) is 5.75 Å². The maximum Gasteiger partial charge on any atom is 0.359 e. The van der Waals surface area contributed by atoms with Crippen LogP contribution in [-0.4, -0.2) is 84.1 Å². The Morgan fingerprint density at radius 1 is 0.951 bits per heavy atom. The zero-order valence-corrected chi connectivity index (χ0v) is 23.3. The number of amides is 1.